The minimum atomic E-state index is -1.95. The van der Waals surface area contributed by atoms with E-state index >= 15 is 4.39 Å². The van der Waals surface area contributed by atoms with Crippen molar-refractivity contribution < 1.29 is 13.2 Å². The molecule has 3 rings (SSSR count). The summed E-state index contributed by atoms with van der Waals surface area (Å²) in [6, 6.07) is 0. The van der Waals surface area contributed by atoms with Crippen molar-refractivity contribution in [2.24, 2.45) is 23.2 Å². The topological polar surface area (TPSA) is 18.5 Å². The molecule has 2 nitrogen and oxygen atoms in total. The SMILES string of the molecule is C=C1C(=CC=C2CCC[C@]3(C)[C@@H]([C@H](C)CCCC(C)(C)O[Si](C)(C)C)CC[C@@H]23)C[C@@H](O[Si](C)(C)C(C)(C)C)C[C@@H]1F. The van der Waals surface area contributed by atoms with Gasteiger partial charge in [-0.3, -0.25) is 0 Å². The van der Waals surface area contributed by atoms with Crippen molar-refractivity contribution >= 4 is 16.6 Å². The Kier molecular flexibility index (Phi) is 11.0. The van der Waals surface area contributed by atoms with E-state index in [0.29, 0.717) is 23.3 Å². The molecule has 0 bridgehead atoms. The first-order valence-corrected chi connectivity index (χ1v) is 23.1. The Labute approximate surface area is 256 Å². The fourth-order valence-electron chi connectivity index (χ4n) is 8.25. The van der Waals surface area contributed by atoms with Gasteiger partial charge in [-0.1, -0.05) is 71.8 Å². The third kappa shape index (κ3) is 8.79. The first kappa shape index (κ1) is 35.0. The highest BCUT2D eigenvalue weighted by Gasteiger charge is 2.50. The van der Waals surface area contributed by atoms with Crippen LogP contribution in [0.2, 0.25) is 37.8 Å². The molecule has 5 heteroatoms. The third-order valence-corrected chi connectivity index (χ3v) is 16.9. The molecule has 0 N–H and O–H groups in total. The molecule has 41 heavy (non-hydrogen) atoms. The van der Waals surface area contributed by atoms with Gasteiger partial charge in [0.1, 0.15) is 6.17 Å². The van der Waals surface area contributed by atoms with Gasteiger partial charge in [0.15, 0.2) is 16.6 Å². The monoisotopic (exact) mass is 604 g/mol. The second kappa shape index (κ2) is 12.9. The Balaban J connectivity index is 1.68. The number of hydrogen-bond acceptors (Lipinski definition) is 2. The zero-order valence-electron chi connectivity index (χ0n) is 29.0. The van der Waals surface area contributed by atoms with Crippen molar-refractivity contribution in [3.63, 3.8) is 0 Å². The highest BCUT2D eigenvalue weighted by molar-refractivity contribution is 6.74. The zero-order chi connectivity index (χ0) is 31.0. The van der Waals surface area contributed by atoms with Crippen LogP contribution in [0.5, 0.6) is 0 Å². The quantitative estimate of drug-likeness (QED) is 0.231. The Morgan fingerprint density at radius 2 is 1.73 bits per heavy atom. The molecule has 3 aliphatic rings. The van der Waals surface area contributed by atoms with E-state index < -0.39 is 22.8 Å². The molecule has 0 heterocycles. The van der Waals surface area contributed by atoms with Crippen LogP contribution >= 0.6 is 0 Å². The number of fused-ring (bicyclic) bond motifs is 1. The van der Waals surface area contributed by atoms with E-state index in [1.54, 1.807) is 5.57 Å². The van der Waals surface area contributed by atoms with Gasteiger partial charge in [0.2, 0.25) is 0 Å². The van der Waals surface area contributed by atoms with E-state index in [9.17, 15) is 0 Å². The van der Waals surface area contributed by atoms with Crippen LogP contribution in [0, 0.1) is 23.2 Å². The Hall–Kier alpha value is -0.496. The highest BCUT2D eigenvalue weighted by Crippen LogP contribution is 2.60. The molecule has 236 valence electrons. The number of alkyl halides is 1. The third-order valence-electron chi connectivity index (χ3n) is 11.2. The van der Waals surface area contributed by atoms with E-state index in [-0.39, 0.29) is 16.7 Å². The van der Waals surface area contributed by atoms with E-state index in [0.717, 1.165) is 30.3 Å². The number of halogens is 1. The molecule has 3 saturated carbocycles. The van der Waals surface area contributed by atoms with Crippen molar-refractivity contribution in [1.82, 2.24) is 0 Å². The predicted octanol–water partition coefficient (Wildman–Crippen LogP) is 11.6. The molecular weight excluding hydrogens is 540 g/mol. The maximum Gasteiger partial charge on any atom is 0.192 e. The molecule has 3 fully saturated rings. The molecule has 0 radical (unpaired) electrons. The Morgan fingerprint density at radius 1 is 1.07 bits per heavy atom. The van der Waals surface area contributed by atoms with Crippen molar-refractivity contribution in [2.75, 3.05) is 0 Å². The highest BCUT2D eigenvalue weighted by atomic mass is 28.4. The van der Waals surface area contributed by atoms with Gasteiger partial charge in [0.25, 0.3) is 0 Å². The standard InChI is InChI=1S/C36H65FO2Si2/c1-26(16-14-22-35(6,7)39-40(9,10)11)31-20-21-32-28(17-15-23-36(31,32)8)18-19-29-24-30(25-33(37)27(29)2)38-41(12,13)34(3,4)5/h18-19,26,30-33H,2,14-17,20-25H2,1,3-13H3/t26-,30-,31-,32+,33+,36-/m1/s1. The van der Waals surface area contributed by atoms with Gasteiger partial charge in [-0.25, -0.2) is 4.39 Å². The average molecular weight is 605 g/mol. The lowest BCUT2D eigenvalue weighted by Gasteiger charge is -2.44. The van der Waals surface area contributed by atoms with Crippen LogP contribution in [0.3, 0.4) is 0 Å². The minimum Gasteiger partial charge on any atom is -0.413 e. The first-order chi connectivity index (χ1) is 18.7. The molecule has 3 aliphatic carbocycles. The fraction of sp³-hybridized carbons (Fsp3) is 0.833. The summed E-state index contributed by atoms with van der Waals surface area (Å²) in [5, 5.41) is 0.125. The van der Waals surface area contributed by atoms with Crippen molar-refractivity contribution in [1.29, 1.82) is 0 Å². The van der Waals surface area contributed by atoms with Crippen molar-refractivity contribution in [3.8, 4) is 0 Å². The van der Waals surface area contributed by atoms with E-state index in [4.69, 9.17) is 8.85 Å². The number of hydrogen-bond donors (Lipinski definition) is 0. The molecule has 0 aromatic heterocycles. The van der Waals surface area contributed by atoms with Gasteiger partial charge in [0, 0.05) is 6.42 Å². The van der Waals surface area contributed by atoms with Gasteiger partial charge in [-0.15, -0.1) is 0 Å². The van der Waals surface area contributed by atoms with Gasteiger partial charge in [0.05, 0.1) is 11.7 Å². The van der Waals surface area contributed by atoms with Crippen LogP contribution in [-0.4, -0.2) is 34.5 Å². The van der Waals surface area contributed by atoms with Crippen LogP contribution in [0.25, 0.3) is 0 Å². The molecule has 0 unspecified atom stereocenters. The molecule has 0 amide bonds. The molecule has 0 aromatic rings. The number of rotatable bonds is 10. The van der Waals surface area contributed by atoms with Gasteiger partial charge in [-0.05, 0) is 131 Å². The summed E-state index contributed by atoms with van der Waals surface area (Å²) in [4.78, 5) is 0. The number of allylic oxidation sites excluding steroid dienone is 4. The second-order valence-corrected chi connectivity index (χ2v) is 26.5. The smallest absolute Gasteiger partial charge is 0.192 e. The van der Waals surface area contributed by atoms with Crippen LogP contribution in [0.1, 0.15) is 113 Å². The second-order valence-electron chi connectivity index (χ2n) is 17.3. The first-order valence-electron chi connectivity index (χ1n) is 16.8. The van der Waals surface area contributed by atoms with Crippen LogP contribution in [0.4, 0.5) is 4.39 Å². The summed E-state index contributed by atoms with van der Waals surface area (Å²) in [6.07, 6.45) is 14.9. The normalized spacial score (nSPS) is 33.0. The van der Waals surface area contributed by atoms with Crippen LogP contribution in [0.15, 0.2) is 35.5 Å². The minimum absolute atomic E-state index is 0.0168. The summed E-state index contributed by atoms with van der Waals surface area (Å²) in [6.45, 7) is 32.1. The molecule has 0 aliphatic heterocycles. The lowest BCUT2D eigenvalue weighted by molar-refractivity contribution is 0.0735. The van der Waals surface area contributed by atoms with Crippen molar-refractivity contribution in [2.45, 2.75) is 168 Å². The lowest BCUT2D eigenvalue weighted by Crippen LogP contribution is -2.45. The Morgan fingerprint density at radius 3 is 2.34 bits per heavy atom. The van der Waals surface area contributed by atoms with E-state index in [1.165, 1.54) is 44.9 Å². The van der Waals surface area contributed by atoms with Gasteiger partial charge in [-0.2, -0.15) is 0 Å². The van der Waals surface area contributed by atoms with Crippen LogP contribution in [-0.2, 0) is 8.85 Å². The molecule has 0 saturated heterocycles. The van der Waals surface area contributed by atoms with E-state index in [1.807, 2.05) is 0 Å². The van der Waals surface area contributed by atoms with Crippen molar-refractivity contribution in [3.05, 3.63) is 35.5 Å². The fourth-order valence-corrected chi connectivity index (χ4v) is 11.4. The van der Waals surface area contributed by atoms with Crippen LogP contribution < -0.4 is 0 Å². The molecule has 6 atom stereocenters. The summed E-state index contributed by atoms with van der Waals surface area (Å²) >= 11 is 0. The summed E-state index contributed by atoms with van der Waals surface area (Å²) in [5.41, 5.74) is 3.71. The maximum absolute atomic E-state index is 15.2. The van der Waals surface area contributed by atoms with E-state index in [2.05, 4.69) is 99.9 Å². The molecule has 0 aromatic carbocycles. The van der Waals surface area contributed by atoms with Gasteiger partial charge < -0.3 is 8.85 Å². The molecule has 0 spiro atoms. The predicted molar refractivity (Wildman–Crippen MR) is 181 cm³/mol. The maximum atomic E-state index is 15.2. The summed E-state index contributed by atoms with van der Waals surface area (Å²) in [7, 11) is -3.48. The molecular formula is C36H65FO2Si2. The largest absolute Gasteiger partial charge is 0.413 e. The lowest BCUT2D eigenvalue weighted by atomic mass is 9.60. The summed E-state index contributed by atoms with van der Waals surface area (Å²) in [5.74, 6) is 2.18. The Bertz CT molecular complexity index is 983. The zero-order valence-corrected chi connectivity index (χ0v) is 31.0. The summed E-state index contributed by atoms with van der Waals surface area (Å²) < 4.78 is 28.3. The van der Waals surface area contributed by atoms with Gasteiger partial charge >= 0.3 is 0 Å². The average Bonchev–Trinajstić information content (AvgIpc) is 3.15.